The molecular weight excluding hydrogens is 418 g/mol. The molecule has 0 bridgehead atoms. The van der Waals surface area contributed by atoms with Crippen molar-refractivity contribution >= 4 is 28.7 Å². The summed E-state index contributed by atoms with van der Waals surface area (Å²) in [6.45, 7) is 7.71. The van der Waals surface area contributed by atoms with Gasteiger partial charge in [-0.15, -0.1) is 0 Å². The summed E-state index contributed by atoms with van der Waals surface area (Å²) in [5.74, 6) is 0.495. The molecule has 32 heavy (non-hydrogen) atoms. The van der Waals surface area contributed by atoms with Crippen molar-refractivity contribution < 1.29 is 28.3 Å². The van der Waals surface area contributed by atoms with Gasteiger partial charge in [0, 0.05) is 25.1 Å². The highest BCUT2D eigenvalue weighted by Crippen LogP contribution is 2.35. The number of fused-ring (bicyclic) bond motifs is 1. The van der Waals surface area contributed by atoms with Crippen LogP contribution in [0, 0.1) is 10.1 Å². The summed E-state index contributed by atoms with van der Waals surface area (Å²) in [6.07, 6.45) is -0.671. The minimum Gasteiger partial charge on any atom is -0.468 e. The number of nitrogens with zero attached hydrogens (tertiary/aromatic N) is 3. The van der Waals surface area contributed by atoms with Crippen LogP contribution >= 0.6 is 0 Å². The molecule has 0 aliphatic heterocycles. The smallest absolute Gasteiger partial charge is 0.417 e. The third-order valence-corrected chi connectivity index (χ3v) is 4.31. The van der Waals surface area contributed by atoms with Crippen LogP contribution in [-0.4, -0.2) is 42.0 Å². The average molecular weight is 443 g/mol. The minimum absolute atomic E-state index is 0.0809. The predicted molar refractivity (Wildman–Crippen MR) is 118 cm³/mol. The molecule has 0 N–H and O–H groups in total. The van der Waals surface area contributed by atoms with Crippen molar-refractivity contribution in [3.63, 3.8) is 0 Å². The lowest BCUT2D eigenvalue weighted by Crippen LogP contribution is -2.34. The highest BCUT2D eigenvalue weighted by Gasteiger charge is 2.27. The summed E-state index contributed by atoms with van der Waals surface area (Å²) in [7, 11) is 1.44. The number of hydrogen-bond donors (Lipinski definition) is 0. The quantitative estimate of drug-likeness (QED) is 0.213. The van der Waals surface area contributed by atoms with Gasteiger partial charge in [-0.3, -0.25) is 0 Å². The van der Waals surface area contributed by atoms with E-state index in [4.69, 9.17) is 18.6 Å². The van der Waals surface area contributed by atoms with Crippen LogP contribution in [0.1, 0.15) is 27.7 Å². The van der Waals surface area contributed by atoms with E-state index in [1.54, 1.807) is 45.0 Å². The summed E-state index contributed by atoms with van der Waals surface area (Å²) in [6, 6.07) is 9.85. The molecule has 0 aliphatic carbocycles. The van der Waals surface area contributed by atoms with E-state index >= 15 is 0 Å². The summed E-state index contributed by atoms with van der Waals surface area (Å²) in [4.78, 5) is 28.6. The van der Waals surface area contributed by atoms with E-state index in [-0.39, 0.29) is 23.9 Å². The highest BCUT2D eigenvalue weighted by atomic mass is 16.7. The summed E-state index contributed by atoms with van der Waals surface area (Å²) in [5, 5.41) is 12.4. The molecule has 0 unspecified atom stereocenters. The first kappa shape index (κ1) is 23.0. The van der Waals surface area contributed by atoms with Crippen LogP contribution < -0.4 is 9.64 Å². The molecule has 170 valence electrons. The van der Waals surface area contributed by atoms with Crippen LogP contribution in [-0.2, 0) is 9.47 Å². The molecule has 3 rings (SSSR count). The molecular formula is C22H25N3O7. The highest BCUT2D eigenvalue weighted by molar-refractivity contribution is 5.88. The zero-order chi connectivity index (χ0) is 23.5. The first-order valence-corrected chi connectivity index (χ1v) is 9.95. The summed E-state index contributed by atoms with van der Waals surface area (Å²) >= 11 is 0. The van der Waals surface area contributed by atoms with Gasteiger partial charge in [-0.25, -0.2) is 9.69 Å². The number of furan rings is 1. The van der Waals surface area contributed by atoms with Crippen LogP contribution in [0.4, 0.5) is 16.4 Å². The van der Waals surface area contributed by atoms with Gasteiger partial charge in [-0.2, -0.15) is 0 Å². The maximum Gasteiger partial charge on any atom is 0.417 e. The Balaban J connectivity index is 1.92. The van der Waals surface area contributed by atoms with Crippen molar-refractivity contribution in [3.05, 3.63) is 46.5 Å². The fraction of sp³-hybridized carbons (Fsp3) is 0.364. The third-order valence-electron chi connectivity index (χ3n) is 4.31. The molecule has 0 spiro atoms. The number of rotatable bonds is 7. The van der Waals surface area contributed by atoms with E-state index in [1.807, 2.05) is 6.92 Å². The van der Waals surface area contributed by atoms with Gasteiger partial charge in [0.2, 0.25) is 0 Å². The predicted octanol–water partition coefficient (Wildman–Crippen LogP) is 5.15. The number of aromatic nitrogens is 1. The summed E-state index contributed by atoms with van der Waals surface area (Å²) in [5.41, 5.74) is 0.00817. The van der Waals surface area contributed by atoms with Crippen molar-refractivity contribution in [2.24, 2.45) is 0 Å². The molecule has 1 aromatic carbocycles. The van der Waals surface area contributed by atoms with Crippen LogP contribution in [0.2, 0.25) is 0 Å². The van der Waals surface area contributed by atoms with E-state index < -0.39 is 22.4 Å². The number of ether oxygens (including phenoxy) is 3. The molecule has 3 aromatic rings. The summed E-state index contributed by atoms with van der Waals surface area (Å²) < 4.78 is 21.8. The van der Waals surface area contributed by atoms with E-state index in [2.05, 4.69) is 4.98 Å². The Labute approximate surface area is 184 Å². The van der Waals surface area contributed by atoms with Gasteiger partial charge >= 0.3 is 11.9 Å². The Morgan fingerprint density at radius 2 is 1.97 bits per heavy atom. The minimum atomic E-state index is -0.712. The lowest BCUT2D eigenvalue weighted by molar-refractivity contribution is -0.388. The Hall–Kier alpha value is -3.66. The van der Waals surface area contributed by atoms with Crippen LogP contribution in [0.25, 0.3) is 22.3 Å². The number of carbonyl (C=O) groups is 1. The van der Waals surface area contributed by atoms with E-state index in [9.17, 15) is 14.9 Å². The molecule has 0 fully saturated rings. The SMILES string of the molecule is CCOCOc1ccc2oc(-c3ccc(N(C)C(=O)OC(C)(C)C)nc3[N+](=O)[O-])cc2c1. The largest absolute Gasteiger partial charge is 0.468 e. The van der Waals surface area contributed by atoms with Crippen LogP contribution in [0.15, 0.2) is 40.8 Å². The fourth-order valence-corrected chi connectivity index (χ4v) is 2.82. The van der Waals surface area contributed by atoms with Crippen LogP contribution in [0.5, 0.6) is 5.75 Å². The molecule has 0 aliphatic rings. The first-order valence-electron chi connectivity index (χ1n) is 9.95. The molecule has 2 aromatic heterocycles. The molecule has 10 nitrogen and oxygen atoms in total. The maximum absolute atomic E-state index is 12.3. The maximum atomic E-state index is 12.3. The van der Waals surface area contributed by atoms with Gasteiger partial charge in [0.15, 0.2) is 6.79 Å². The normalized spacial score (nSPS) is 11.4. The number of benzene rings is 1. The first-order chi connectivity index (χ1) is 15.1. The van der Waals surface area contributed by atoms with E-state index in [0.29, 0.717) is 23.3 Å². The lowest BCUT2D eigenvalue weighted by atomic mass is 10.1. The second kappa shape index (κ2) is 9.23. The molecule has 0 saturated heterocycles. The zero-order valence-corrected chi connectivity index (χ0v) is 18.6. The number of pyridine rings is 1. The molecule has 0 saturated carbocycles. The zero-order valence-electron chi connectivity index (χ0n) is 18.6. The third kappa shape index (κ3) is 5.33. The number of nitro groups is 1. The lowest BCUT2D eigenvalue weighted by Gasteiger charge is -2.22. The Morgan fingerprint density at radius 3 is 2.62 bits per heavy atom. The molecule has 0 radical (unpaired) electrons. The number of carbonyl (C=O) groups excluding carboxylic acids is 1. The molecule has 1 amide bonds. The van der Waals surface area contributed by atoms with E-state index in [0.717, 1.165) is 4.90 Å². The van der Waals surface area contributed by atoms with Gasteiger partial charge in [0.25, 0.3) is 5.82 Å². The van der Waals surface area contributed by atoms with Gasteiger partial charge < -0.3 is 28.7 Å². The second-order valence-electron chi connectivity index (χ2n) is 7.90. The average Bonchev–Trinajstić information content (AvgIpc) is 3.15. The fourth-order valence-electron chi connectivity index (χ4n) is 2.82. The van der Waals surface area contributed by atoms with E-state index in [1.165, 1.54) is 19.2 Å². The Kier molecular flexibility index (Phi) is 6.64. The van der Waals surface area contributed by atoms with Gasteiger partial charge in [-0.1, -0.05) is 0 Å². The molecule has 10 heteroatoms. The van der Waals surface area contributed by atoms with Gasteiger partial charge in [-0.05, 0) is 67.9 Å². The van der Waals surface area contributed by atoms with Crippen LogP contribution in [0.3, 0.4) is 0 Å². The molecule has 2 heterocycles. The van der Waals surface area contributed by atoms with Crippen molar-refractivity contribution in [3.8, 4) is 17.1 Å². The second-order valence-corrected chi connectivity index (χ2v) is 7.90. The number of amides is 1. The van der Waals surface area contributed by atoms with Crippen molar-refractivity contribution in [1.82, 2.24) is 4.98 Å². The van der Waals surface area contributed by atoms with Crippen molar-refractivity contribution in [2.75, 3.05) is 25.3 Å². The number of hydrogen-bond acceptors (Lipinski definition) is 8. The Morgan fingerprint density at radius 1 is 1.22 bits per heavy atom. The number of anilines is 1. The monoisotopic (exact) mass is 443 g/mol. The Bertz CT molecular complexity index is 1130. The molecule has 0 atom stereocenters. The van der Waals surface area contributed by atoms with Crippen molar-refractivity contribution in [1.29, 1.82) is 0 Å². The van der Waals surface area contributed by atoms with Gasteiger partial charge in [0.1, 0.15) is 28.3 Å². The van der Waals surface area contributed by atoms with Crippen molar-refractivity contribution in [2.45, 2.75) is 33.3 Å². The van der Waals surface area contributed by atoms with Gasteiger partial charge in [0.05, 0.1) is 0 Å². The standard InChI is InChI=1S/C22H25N3O7/c1-6-29-13-30-15-7-9-17-14(11-15)12-18(31-17)16-8-10-19(23-20(16)25(27)28)24(5)21(26)32-22(2,3)4/h7-12H,6,13H2,1-5H3. The topological polar surface area (TPSA) is 117 Å².